The van der Waals surface area contributed by atoms with Crippen LogP contribution in [0.5, 0.6) is 0 Å². The molecule has 2 aliphatic rings. The number of nitrogens with one attached hydrogen (secondary N) is 2. The maximum absolute atomic E-state index is 13.7. The number of carbonyl (C=O) groups excluding carboxylic acids is 3. The summed E-state index contributed by atoms with van der Waals surface area (Å²) in [6.45, 7) is 0.132. The summed E-state index contributed by atoms with van der Waals surface area (Å²) < 4.78 is 13.5. The second-order valence-electron chi connectivity index (χ2n) is 9.62. The van der Waals surface area contributed by atoms with Crippen molar-refractivity contribution in [3.63, 3.8) is 0 Å². The number of carbonyl (C=O) groups is 4. The number of anilines is 1. The van der Waals surface area contributed by atoms with Gasteiger partial charge in [-0.25, -0.2) is 9.18 Å². The van der Waals surface area contributed by atoms with E-state index in [1.165, 1.54) is 21.9 Å². The molecule has 4 rings (SSSR count). The molecule has 2 unspecified atom stereocenters. The summed E-state index contributed by atoms with van der Waals surface area (Å²) in [4.78, 5) is 54.4. The van der Waals surface area contributed by atoms with Crippen LogP contribution in [0.2, 0.25) is 5.02 Å². The first-order valence-electron chi connectivity index (χ1n) is 12.6. The summed E-state index contributed by atoms with van der Waals surface area (Å²) in [5, 5.41) is 15.6. The topological polar surface area (TPSA) is 119 Å². The minimum atomic E-state index is -1.32. The molecule has 1 aliphatic carbocycles. The number of benzene rings is 2. The Balaban J connectivity index is 1.59. The molecule has 0 aromatic heterocycles. The molecular weight excluding hydrogens is 515 g/mol. The zero-order chi connectivity index (χ0) is 27.2. The Labute approximate surface area is 224 Å². The summed E-state index contributed by atoms with van der Waals surface area (Å²) >= 11 is 5.92. The van der Waals surface area contributed by atoms with Crippen LogP contribution in [-0.4, -0.2) is 64.0 Å². The number of rotatable bonds is 7. The van der Waals surface area contributed by atoms with Gasteiger partial charge in [-0.1, -0.05) is 30.9 Å². The maximum Gasteiger partial charge on any atom is 0.323 e. The van der Waals surface area contributed by atoms with Crippen molar-refractivity contribution >= 4 is 41.1 Å². The van der Waals surface area contributed by atoms with E-state index in [0.29, 0.717) is 10.7 Å². The molecule has 9 nitrogen and oxygen atoms in total. The molecule has 0 bridgehead atoms. The van der Waals surface area contributed by atoms with E-state index in [0.717, 1.165) is 44.2 Å². The first kappa shape index (κ1) is 27.4. The summed E-state index contributed by atoms with van der Waals surface area (Å²) in [6.07, 6.45) is 2.97. The molecule has 38 heavy (non-hydrogen) atoms. The van der Waals surface area contributed by atoms with Gasteiger partial charge in [-0.05, 0) is 67.3 Å². The monoisotopic (exact) mass is 544 g/mol. The van der Waals surface area contributed by atoms with Crippen LogP contribution in [0.15, 0.2) is 48.5 Å². The van der Waals surface area contributed by atoms with E-state index in [1.807, 2.05) is 0 Å². The summed E-state index contributed by atoms with van der Waals surface area (Å²) in [5.41, 5.74) is 0.617. The van der Waals surface area contributed by atoms with Gasteiger partial charge in [-0.15, -0.1) is 0 Å². The van der Waals surface area contributed by atoms with E-state index >= 15 is 0 Å². The quantitative estimate of drug-likeness (QED) is 0.479. The highest BCUT2D eigenvalue weighted by molar-refractivity contribution is 6.30. The molecule has 0 radical (unpaired) electrons. The molecule has 1 aliphatic heterocycles. The van der Waals surface area contributed by atoms with Crippen molar-refractivity contribution in [3.8, 4) is 0 Å². The molecule has 0 spiro atoms. The molecule has 11 heteroatoms. The number of carboxylic acids is 1. The minimum absolute atomic E-state index is 0.0113. The zero-order valence-corrected chi connectivity index (χ0v) is 21.5. The molecule has 1 saturated carbocycles. The molecule has 202 valence electrons. The lowest BCUT2D eigenvalue weighted by molar-refractivity contribution is -0.138. The number of aliphatic carboxylic acids is 1. The van der Waals surface area contributed by atoms with Crippen molar-refractivity contribution in [1.82, 2.24) is 15.1 Å². The van der Waals surface area contributed by atoms with Crippen molar-refractivity contribution in [3.05, 3.63) is 64.9 Å². The Hall–Kier alpha value is -3.66. The van der Waals surface area contributed by atoms with Gasteiger partial charge in [0.25, 0.3) is 11.8 Å². The molecule has 4 amide bonds. The van der Waals surface area contributed by atoms with E-state index in [1.54, 1.807) is 24.3 Å². The van der Waals surface area contributed by atoms with Gasteiger partial charge in [0.15, 0.2) is 6.17 Å². The Morgan fingerprint density at radius 3 is 2.21 bits per heavy atom. The number of halogens is 2. The van der Waals surface area contributed by atoms with Crippen molar-refractivity contribution in [2.45, 2.75) is 50.7 Å². The number of hydrogen-bond donors (Lipinski definition) is 3. The summed E-state index contributed by atoms with van der Waals surface area (Å²) in [7, 11) is 0. The second-order valence-corrected chi connectivity index (χ2v) is 10.1. The molecule has 1 heterocycles. The zero-order valence-electron chi connectivity index (χ0n) is 20.7. The molecule has 2 atom stereocenters. The fraction of sp³-hybridized carbons (Fsp3) is 0.407. The van der Waals surface area contributed by atoms with Gasteiger partial charge >= 0.3 is 12.0 Å². The van der Waals surface area contributed by atoms with Crippen LogP contribution < -0.4 is 10.6 Å². The minimum Gasteiger partial charge on any atom is -0.481 e. The first-order chi connectivity index (χ1) is 18.2. The van der Waals surface area contributed by atoms with E-state index in [-0.39, 0.29) is 31.0 Å². The lowest BCUT2D eigenvalue weighted by atomic mass is 9.82. The van der Waals surface area contributed by atoms with Gasteiger partial charge in [-0.3, -0.25) is 19.3 Å². The standard InChI is InChI=1S/C27H30ClFN4O5/c28-19-8-12-21(13-9-19)30-27(38)33-15-14-32(26(37)18-6-10-20(29)11-7-18)25(33)24(36)31-22(16-23(34)35)17-4-2-1-3-5-17/h6-13,17,22,25H,1-5,14-16H2,(H,30,38)(H,31,36)(H,34,35). The molecule has 2 aromatic carbocycles. The van der Waals surface area contributed by atoms with Gasteiger partial charge in [0.1, 0.15) is 5.82 Å². The Bertz CT molecular complexity index is 1170. The summed E-state index contributed by atoms with van der Waals surface area (Å²) in [6, 6.07) is 10.1. The third-order valence-corrected chi connectivity index (χ3v) is 7.31. The predicted octanol–water partition coefficient (Wildman–Crippen LogP) is 4.33. The average Bonchev–Trinajstić information content (AvgIpc) is 3.35. The summed E-state index contributed by atoms with van der Waals surface area (Å²) in [5.74, 6) is -2.74. The SMILES string of the molecule is O=C(O)CC(NC(=O)C1N(C(=O)Nc2ccc(Cl)cc2)CCN1C(=O)c1ccc(F)cc1)C1CCCCC1. The van der Waals surface area contributed by atoms with Crippen molar-refractivity contribution in [2.24, 2.45) is 5.92 Å². The Morgan fingerprint density at radius 1 is 0.947 bits per heavy atom. The van der Waals surface area contributed by atoms with E-state index in [9.17, 15) is 28.7 Å². The number of amides is 4. The largest absolute Gasteiger partial charge is 0.481 e. The van der Waals surface area contributed by atoms with Crippen molar-refractivity contribution in [1.29, 1.82) is 0 Å². The van der Waals surface area contributed by atoms with Gasteiger partial charge < -0.3 is 20.6 Å². The Morgan fingerprint density at radius 2 is 1.58 bits per heavy atom. The van der Waals surface area contributed by atoms with E-state index in [2.05, 4.69) is 10.6 Å². The molecule has 1 saturated heterocycles. The van der Waals surface area contributed by atoms with Crippen LogP contribution in [0.3, 0.4) is 0 Å². The van der Waals surface area contributed by atoms with Crippen molar-refractivity contribution < 1.29 is 28.7 Å². The maximum atomic E-state index is 13.7. The van der Waals surface area contributed by atoms with E-state index in [4.69, 9.17) is 11.6 Å². The third kappa shape index (κ3) is 6.61. The number of carboxylic acid groups (broad SMARTS) is 1. The number of hydrogen-bond acceptors (Lipinski definition) is 4. The highest BCUT2D eigenvalue weighted by Gasteiger charge is 2.44. The van der Waals surface area contributed by atoms with E-state index < -0.39 is 41.8 Å². The lowest BCUT2D eigenvalue weighted by Crippen LogP contribution is -2.57. The van der Waals surface area contributed by atoms with Crippen LogP contribution >= 0.6 is 11.6 Å². The lowest BCUT2D eigenvalue weighted by Gasteiger charge is -2.34. The predicted molar refractivity (Wildman–Crippen MR) is 139 cm³/mol. The van der Waals surface area contributed by atoms with Crippen LogP contribution in [0.25, 0.3) is 0 Å². The third-order valence-electron chi connectivity index (χ3n) is 7.06. The van der Waals surface area contributed by atoms with Crippen LogP contribution in [0.4, 0.5) is 14.9 Å². The van der Waals surface area contributed by atoms with Crippen LogP contribution in [0.1, 0.15) is 48.9 Å². The number of urea groups is 1. The molecule has 2 fully saturated rings. The average molecular weight is 545 g/mol. The van der Waals surface area contributed by atoms with Gasteiger partial charge in [-0.2, -0.15) is 0 Å². The van der Waals surface area contributed by atoms with Gasteiger partial charge in [0.2, 0.25) is 0 Å². The van der Waals surface area contributed by atoms with Crippen LogP contribution in [0, 0.1) is 11.7 Å². The number of nitrogens with zero attached hydrogens (tertiary/aromatic N) is 2. The normalized spacial score (nSPS) is 18.6. The fourth-order valence-corrected chi connectivity index (χ4v) is 5.27. The highest BCUT2D eigenvalue weighted by atomic mass is 35.5. The van der Waals surface area contributed by atoms with Crippen molar-refractivity contribution in [2.75, 3.05) is 18.4 Å². The van der Waals surface area contributed by atoms with Gasteiger partial charge in [0.05, 0.1) is 6.42 Å². The molecule has 2 aromatic rings. The molecule has 3 N–H and O–H groups in total. The van der Waals surface area contributed by atoms with Gasteiger partial charge in [0, 0.05) is 35.4 Å². The smallest absolute Gasteiger partial charge is 0.323 e. The highest BCUT2D eigenvalue weighted by Crippen LogP contribution is 2.29. The van der Waals surface area contributed by atoms with Crippen LogP contribution in [-0.2, 0) is 9.59 Å². The fourth-order valence-electron chi connectivity index (χ4n) is 5.14. The molecular formula is C27H30ClFN4O5. The second kappa shape index (κ2) is 12.3. The first-order valence-corrected chi connectivity index (χ1v) is 13.0. The Kier molecular flexibility index (Phi) is 8.83.